The lowest BCUT2D eigenvalue weighted by Gasteiger charge is -2.32. The van der Waals surface area contributed by atoms with Crippen molar-refractivity contribution >= 4 is 50.6 Å². The molecule has 3 aromatic heterocycles. The zero-order chi connectivity index (χ0) is 21.1. The number of nitrogens with one attached hydrogen (secondary N) is 1. The SMILES string of the molecule is Cc1sc2ncnc(N3CCC(C(=O)OCC(=O)NCc4cccs4)CC3)c2c1C. The van der Waals surface area contributed by atoms with Crippen molar-refractivity contribution in [3.63, 3.8) is 0 Å². The van der Waals surface area contributed by atoms with E-state index >= 15 is 0 Å². The molecule has 7 nitrogen and oxygen atoms in total. The summed E-state index contributed by atoms with van der Waals surface area (Å²) in [5, 5.41) is 5.84. The second-order valence-electron chi connectivity index (χ2n) is 7.39. The number of carbonyl (C=O) groups is 2. The monoisotopic (exact) mass is 444 g/mol. The highest BCUT2D eigenvalue weighted by Crippen LogP contribution is 2.35. The van der Waals surface area contributed by atoms with Crippen molar-refractivity contribution in [2.75, 3.05) is 24.6 Å². The number of hydrogen-bond donors (Lipinski definition) is 1. The Labute approximate surface area is 183 Å². The van der Waals surface area contributed by atoms with Crippen LogP contribution in [-0.4, -0.2) is 41.5 Å². The van der Waals surface area contributed by atoms with Crippen LogP contribution < -0.4 is 10.2 Å². The second kappa shape index (κ2) is 9.09. The second-order valence-corrected chi connectivity index (χ2v) is 9.62. The van der Waals surface area contributed by atoms with Gasteiger partial charge >= 0.3 is 5.97 Å². The van der Waals surface area contributed by atoms with Gasteiger partial charge in [-0.15, -0.1) is 22.7 Å². The molecule has 0 unspecified atom stereocenters. The number of carbonyl (C=O) groups excluding carboxylic acids is 2. The number of fused-ring (bicyclic) bond motifs is 1. The lowest BCUT2D eigenvalue weighted by Crippen LogP contribution is -2.38. The standard InChI is InChI=1S/C21H24N4O3S2/c1-13-14(2)30-20-18(13)19(23-12-24-20)25-7-5-15(6-8-25)21(27)28-11-17(26)22-10-16-4-3-9-29-16/h3-4,9,12,15H,5-8,10-11H2,1-2H3,(H,22,26). The van der Waals surface area contributed by atoms with Crippen LogP contribution in [0.2, 0.25) is 0 Å². The Morgan fingerprint density at radius 2 is 2.07 bits per heavy atom. The van der Waals surface area contributed by atoms with Gasteiger partial charge in [0.15, 0.2) is 6.61 Å². The van der Waals surface area contributed by atoms with Crippen LogP contribution in [0, 0.1) is 19.8 Å². The molecule has 30 heavy (non-hydrogen) atoms. The third-order valence-corrected chi connectivity index (χ3v) is 7.45. The van der Waals surface area contributed by atoms with E-state index in [2.05, 4.69) is 34.0 Å². The number of amides is 1. The maximum atomic E-state index is 12.4. The van der Waals surface area contributed by atoms with Crippen molar-refractivity contribution in [1.29, 1.82) is 0 Å². The summed E-state index contributed by atoms with van der Waals surface area (Å²) in [6.07, 6.45) is 2.98. The minimum absolute atomic E-state index is 0.186. The summed E-state index contributed by atoms with van der Waals surface area (Å²) < 4.78 is 5.26. The first-order valence-electron chi connectivity index (χ1n) is 9.94. The smallest absolute Gasteiger partial charge is 0.309 e. The molecule has 0 aromatic carbocycles. The van der Waals surface area contributed by atoms with E-state index in [9.17, 15) is 9.59 Å². The molecule has 0 atom stereocenters. The molecule has 3 aromatic rings. The number of anilines is 1. The van der Waals surface area contributed by atoms with Crippen LogP contribution in [-0.2, 0) is 20.9 Å². The highest BCUT2D eigenvalue weighted by Gasteiger charge is 2.28. The van der Waals surface area contributed by atoms with Crippen LogP contribution in [0.25, 0.3) is 10.2 Å². The van der Waals surface area contributed by atoms with E-state index in [1.807, 2.05) is 17.5 Å². The molecular weight excluding hydrogens is 420 g/mol. The average Bonchev–Trinajstić information content (AvgIpc) is 3.38. The molecule has 0 saturated carbocycles. The topological polar surface area (TPSA) is 84.4 Å². The van der Waals surface area contributed by atoms with E-state index in [1.54, 1.807) is 29.0 Å². The number of hydrogen-bond acceptors (Lipinski definition) is 8. The average molecular weight is 445 g/mol. The third kappa shape index (κ3) is 4.46. The largest absolute Gasteiger partial charge is 0.455 e. The first kappa shape index (κ1) is 20.7. The lowest BCUT2D eigenvalue weighted by atomic mass is 9.97. The molecule has 1 fully saturated rings. The Morgan fingerprint density at radius 1 is 1.27 bits per heavy atom. The van der Waals surface area contributed by atoms with Gasteiger partial charge in [-0.25, -0.2) is 9.97 Å². The van der Waals surface area contributed by atoms with Gasteiger partial charge in [0, 0.05) is 22.8 Å². The number of aryl methyl sites for hydroxylation is 2. The van der Waals surface area contributed by atoms with Crippen molar-refractivity contribution < 1.29 is 14.3 Å². The van der Waals surface area contributed by atoms with E-state index in [-0.39, 0.29) is 24.4 Å². The summed E-state index contributed by atoms with van der Waals surface area (Å²) in [4.78, 5) is 38.8. The summed E-state index contributed by atoms with van der Waals surface area (Å²) in [6.45, 7) is 5.89. The Bertz CT molecular complexity index is 1040. The van der Waals surface area contributed by atoms with Gasteiger partial charge in [-0.05, 0) is 43.7 Å². The Hall–Kier alpha value is -2.52. The molecule has 1 aliphatic rings. The van der Waals surface area contributed by atoms with Gasteiger partial charge in [-0.3, -0.25) is 9.59 Å². The molecule has 1 saturated heterocycles. The van der Waals surface area contributed by atoms with Gasteiger partial charge in [0.1, 0.15) is 17.0 Å². The van der Waals surface area contributed by atoms with Crippen molar-refractivity contribution in [2.24, 2.45) is 5.92 Å². The van der Waals surface area contributed by atoms with Crippen LogP contribution in [0.4, 0.5) is 5.82 Å². The molecule has 0 spiro atoms. The molecule has 4 heterocycles. The van der Waals surface area contributed by atoms with Crippen LogP contribution in [0.1, 0.15) is 28.2 Å². The summed E-state index contributed by atoms with van der Waals surface area (Å²) in [6, 6.07) is 3.89. The van der Waals surface area contributed by atoms with Crippen LogP contribution in [0.3, 0.4) is 0 Å². The molecule has 0 bridgehead atoms. The maximum Gasteiger partial charge on any atom is 0.309 e. The minimum atomic E-state index is -0.295. The molecule has 1 N–H and O–H groups in total. The fourth-order valence-corrected chi connectivity index (χ4v) is 5.27. The number of piperidine rings is 1. The number of thiophene rings is 2. The predicted molar refractivity (Wildman–Crippen MR) is 119 cm³/mol. The quantitative estimate of drug-likeness (QED) is 0.586. The normalized spacial score (nSPS) is 14.8. The van der Waals surface area contributed by atoms with Gasteiger partial charge in [0.2, 0.25) is 0 Å². The molecular formula is C21H24N4O3S2. The van der Waals surface area contributed by atoms with E-state index in [0.717, 1.165) is 34.0 Å². The van der Waals surface area contributed by atoms with E-state index in [1.165, 1.54) is 10.4 Å². The summed E-state index contributed by atoms with van der Waals surface area (Å²) in [5.41, 5.74) is 1.22. The Balaban J connectivity index is 1.28. The van der Waals surface area contributed by atoms with Crippen LogP contribution >= 0.6 is 22.7 Å². The summed E-state index contributed by atoms with van der Waals surface area (Å²) in [7, 11) is 0. The van der Waals surface area contributed by atoms with Gasteiger partial charge in [0.05, 0.1) is 17.8 Å². The van der Waals surface area contributed by atoms with E-state index in [4.69, 9.17) is 4.74 Å². The van der Waals surface area contributed by atoms with E-state index < -0.39 is 0 Å². The zero-order valence-corrected chi connectivity index (χ0v) is 18.6. The van der Waals surface area contributed by atoms with Crippen molar-refractivity contribution in [1.82, 2.24) is 15.3 Å². The number of nitrogens with zero attached hydrogens (tertiary/aromatic N) is 3. The first-order valence-corrected chi connectivity index (χ1v) is 11.6. The number of rotatable bonds is 6. The van der Waals surface area contributed by atoms with Gasteiger partial charge in [0.25, 0.3) is 5.91 Å². The summed E-state index contributed by atoms with van der Waals surface area (Å²) in [5.74, 6) is 0.188. The molecule has 4 rings (SSSR count). The molecule has 1 aliphatic heterocycles. The van der Waals surface area contributed by atoms with Crippen molar-refractivity contribution in [2.45, 2.75) is 33.2 Å². The Morgan fingerprint density at radius 3 is 2.80 bits per heavy atom. The van der Waals surface area contributed by atoms with E-state index in [0.29, 0.717) is 19.4 Å². The van der Waals surface area contributed by atoms with Crippen molar-refractivity contribution in [3.05, 3.63) is 39.2 Å². The number of esters is 1. The van der Waals surface area contributed by atoms with Crippen LogP contribution in [0.15, 0.2) is 23.8 Å². The summed E-state index contributed by atoms with van der Waals surface area (Å²) >= 11 is 3.26. The number of ether oxygens (including phenoxy) is 1. The fraction of sp³-hybridized carbons (Fsp3) is 0.429. The minimum Gasteiger partial charge on any atom is -0.455 e. The molecule has 9 heteroatoms. The molecule has 158 valence electrons. The molecule has 0 aliphatic carbocycles. The van der Waals surface area contributed by atoms with Crippen LogP contribution in [0.5, 0.6) is 0 Å². The van der Waals surface area contributed by atoms with Crippen molar-refractivity contribution in [3.8, 4) is 0 Å². The molecule has 0 radical (unpaired) electrons. The maximum absolute atomic E-state index is 12.4. The third-order valence-electron chi connectivity index (χ3n) is 5.46. The first-order chi connectivity index (χ1) is 14.5. The highest BCUT2D eigenvalue weighted by atomic mass is 32.1. The van der Waals surface area contributed by atoms with Gasteiger partial charge < -0.3 is 15.0 Å². The predicted octanol–water partition coefficient (Wildman–Crippen LogP) is 3.45. The lowest BCUT2D eigenvalue weighted by molar-refractivity contribution is -0.153. The fourth-order valence-electron chi connectivity index (χ4n) is 3.63. The number of aromatic nitrogens is 2. The molecule has 1 amide bonds. The highest BCUT2D eigenvalue weighted by molar-refractivity contribution is 7.18. The van der Waals surface area contributed by atoms with Gasteiger partial charge in [-0.2, -0.15) is 0 Å². The Kier molecular flexibility index (Phi) is 6.29. The van der Waals surface area contributed by atoms with Gasteiger partial charge in [-0.1, -0.05) is 6.07 Å². The zero-order valence-electron chi connectivity index (χ0n) is 17.0.